The molecule has 2 aromatic rings. The largest absolute Gasteiger partial charge is 0.454 e. The monoisotopic (exact) mass is 572 g/mol. The first-order valence-corrected chi connectivity index (χ1v) is 13.2. The third kappa shape index (κ3) is 4.45. The number of rotatable bonds is 7. The van der Waals surface area contributed by atoms with Crippen molar-refractivity contribution in [3.8, 4) is 0 Å². The second-order valence-corrected chi connectivity index (χ2v) is 11.1. The number of carbonyl (C=O) groups is 4. The zero-order chi connectivity index (χ0) is 25.6. The van der Waals surface area contributed by atoms with Crippen molar-refractivity contribution in [3.05, 3.63) is 63.1 Å². The zero-order valence-electron chi connectivity index (χ0n) is 19.7. The number of nitrogens with zero attached hydrogens (tertiary/aromatic N) is 1. The van der Waals surface area contributed by atoms with Gasteiger partial charge in [0.05, 0.1) is 16.9 Å². The predicted octanol–water partition coefficient (Wildman–Crippen LogP) is 4.54. The fourth-order valence-electron chi connectivity index (χ4n) is 6.06. The van der Waals surface area contributed by atoms with Crippen molar-refractivity contribution < 1.29 is 23.9 Å². The molecular weight excluding hydrogens is 548 g/mol. The lowest BCUT2D eigenvalue weighted by atomic mass is 9.81. The van der Waals surface area contributed by atoms with Crippen LogP contribution in [0.5, 0.6) is 0 Å². The van der Waals surface area contributed by atoms with Crippen LogP contribution in [0.2, 0.25) is 5.02 Å². The molecule has 1 N–H and O–H groups in total. The summed E-state index contributed by atoms with van der Waals surface area (Å²) in [5.41, 5.74) is 1.96. The molecule has 5 atom stereocenters. The van der Waals surface area contributed by atoms with Gasteiger partial charge in [-0.15, -0.1) is 0 Å². The minimum absolute atomic E-state index is 0.134. The first-order chi connectivity index (χ1) is 17.3. The summed E-state index contributed by atoms with van der Waals surface area (Å²) >= 11 is 9.56. The molecule has 2 bridgehead atoms. The molecule has 1 heterocycles. The Morgan fingerprint density at radius 3 is 2.36 bits per heavy atom. The Morgan fingerprint density at radius 2 is 1.72 bits per heavy atom. The Balaban J connectivity index is 1.32. The fourth-order valence-corrected chi connectivity index (χ4v) is 6.66. The van der Waals surface area contributed by atoms with E-state index >= 15 is 0 Å². The van der Waals surface area contributed by atoms with Gasteiger partial charge in [0.2, 0.25) is 11.8 Å². The molecule has 2 saturated carbocycles. The zero-order valence-corrected chi connectivity index (χ0v) is 22.1. The second-order valence-electron chi connectivity index (χ2n) is 9.83. The predicted molar refractivity (Wildman–Crippen MR) is 137 cm³/mol. The summed E-state index contributed by atoms with van der Waals surface area (Å²) in [6.07, 6.45) is 2.95. The molecule has 188 valence electrons. The van der Waals surface area contributed by atoms with Crippen molar-refractivity contribution in [3.63, 3.8) is 0 Å². The van der Waals surface area contributed by atoms with Gasteiger partial charge in [0.25, 0.3) is 5.91 Å². The number of imide groups is 1. The highest BCUT2D eigenvalue weighted by Gasteiger charge is 2.62. The van der Waals surface area contributed by atoms with Crippen LogP contribution < -0.4 is 5.32 Å². The Hall–Kier alpha value is -2.71. The molecule has 3 amide bonds. The molecule has 0 unspecified atom stereocenters. The lowest BCUT2D eigenvalue weighted by Crippen LogP contribution is -2.48. The van der Waals surface area contributed by atoms with Crippen LogP contribution in [0.3, 0.4) is 0 Å². The number of carbonyl (C=O) groups excluding carboxylic acids is 4. The van der Waals surface area contributed by atoms with Crippen molar-refractivity contribution >= 4 is 56.9 Å². The van der Waals surface area contributed by atoms with Gasteiger partial charge >= 0.3 is 5.97 Å². The average Bonchev–Trinajstić information content (AvgIpc) is 3.56. The number of hydrogen-bond donors (Lipinski definition) is 1. The Kier molecular flexibility index (Phi) is 6.92. The first kappa shape index (κ1) is 25.0. The smallest absolute Gasteiger partial charge is 0.330 e. The van der Waals surface area contributed by atoms with Gasteiger partial charge in [-0.1, -0.05) is 41.9 Å². The van der Waals surface area contributed by atoms with Crippen LogP contribution in [0.25, 0.3) is 0 Å². The standard InChI is InChI=1S/C27H26BrClN2O5/c1-14-19(10-9-18(28)24(14)29)30-21(32)13-36-27(35)20(11-15-5-3-2-4-6-15)31-25(33)22-16-7-8-17(12-16)23(22)26(31)34/h2-6,9-10,16-17,20,22-23H,7-8,11-13H2,1H3,(H,30,32)/t16-,17-,20-,22-,23+/m0/s1. The number of esters is 1. The van der Waals surface area contributed by atoms with Gasteiger partial charge in [-0.3, -0.25) is 19.3 Å². The third-order valence-electron chi connectivity index (χ3n) is 7.78. The molecule has 2 aliphatic carbocycles. The fraction of sp³-hybridized carbons (Fsp3) is 0.407. The molecule has 0 radical (unpaired) electrons. The third-order valence-corrected chi connectivity index (χ3v) is 9.15. The maximum Gasteiger partial charge on any atom is 0.330 e. The van der Waals surface area contributed by atoms with Gasteiger partial charge in [-0.2, -0.15) is 0 Å². The maximum atomic E-state index is 13.4. The summed E-state index contributed by atoms with van der Waals surface area (Å²) in [6.45, 7) is 1.21. The van der Waals surface area contributed by atoms with Crippen molar-refractivity contribution in [2.75, 3.05) is 11.9 Å². The molecule has 0 aromatic heterocycles. The highest BCUT2D eigenvalue weighted by Crippen LogP contribution is 2.56. The van der Waals surface area contributed by atoms with E-state index in [0.717, 1.165) is 29.7 Å². The lowest BCUT2D eigenvalue weighted by molar-refractivity contribution is -0.160. The molecule has 7 nitrogen and oxygen atoms in total. The van der Waals surface area contributed by atoms with E-state index in [0.29, 0.717) is 20.7 Å². The van der Waals surface area contributed by atoms with E-state index in [1.54, 1.807) is 19.1 Å². The van der Waals surface area contributed by atoms with Crippen molar-refractivity contribution in [2.24, 2.45) is 23.7 Å². The number of likely N-dealkylation sites (tertiary alicyclic amines) is 1. The number of hydrogen-bond acceptors (Lipinski definition) is 5. The first-order valence-electron chi connectivity index (χ1n) is 12.1. The topological polar surface area (TPSA) is 92.8 Å². The molecule has 5 rings (SSSR count). The highest BCUT2D eigenvalue weighted by atomic mass is 79.9. The van der Waals surface area contributed by atoms with Gasteiger partial charge in [0.1, 0.15) is 6.04 Å². The summed E-state index contributed by atoms with van der Waals surface area (Å²) in [5.74, 6) is -2.13. The SMILES string of the molecule is Cc1c(NC(=O)COC(=O)[C@H](Cc2ccccc2)N2C(=O)[C@@H]3[C@H]4CC[C@@H](C4)[C@@H]3C2=O)ccc(Br)c1Cl. The van der Waals surface area contributed by atoms with E-state index in [-0.39, 0.29) is 41.9 Å². The lowest BCUT2D eigenvalue weighted by Gasteiger charge is -2.26. The molecule has 2 aromatic carbocycles. The maximum absolute atomic E-state index is 13.4. The van der Waals surface area contributed by atoms with E-state index in [1.165, 1.54) is 0 Å². The van der Waals surface area contributed by atoms with Crippen molar-refractivity contribution in [1.29, 1.82) is 0 Å². The van der Waals surface area contributed by atoms with Gasteiger partial charge < -0.3 is 10.1 Å². The number of anilines is 1. The van der Waals surface area contributed by atoms with Crippen LogP contribution in [0.1, 0.15) is 30.4 Å². The van der Waals surface area contributed by atoms with Crippen LogP contribution in [-0.4, -0.2) is 41.2 Å². The molecular formula is C27H26BrClN2O5. The van der Waals surface area contributed by atoms with Crippen LogP contribution in [-0.2, 0) is 30.3 Å². The summed E-state index contributed by atoms with van der Waals surface area (Å²) in [5, 5.41) is 3.16. The van der Waals surface area contributed by atoms with E-state index in [2.05, 4.69) is 21.2 Å². The van der Waals surface area contributed by atoms with Crippen LogP contribution >= 0.6 is 27.5 Å². The molecule has 9 heteroatoms. The molecule has 1 saturated heterocycles. The number of benzene rings is 2. The summed E-state index contributed by atoms with van der Waals surface area (Å²) < 4.78 is 6.07. The Bertz CT molecular complexity index is 1210. The number of ether oxygens (including phenoxy) is 1. The number of amides is 3. The Morgan fingerprint density at radius 1 is 1.08 bits per heavy atom. The average molecular weight is 574 g/mol. The van der Waals surface area contributed by atoms with Gasteiger partial charge in [0.15, 0.2) is 6.61 Å². The number of fused-ring (bicyclic) bond motifs is 5. The molecule has 0 spiro atoms. The van der Waals surface area contributed by atoms with Gasteiger partial charge in [-0.25, -0.2) is 4.79 Å². The summed E-state index contributed by atoms with van der Waals surface area (Å²) in [7, 11) is 0. The van der Waals surface area contributed by atoms with E-state index < -0.39 is 24.5 Å². The van der Waals surface area contributed by atoms with E-state index in [9.17, 15) is 19.2 Å². The molecule has 36 heavy (non-hydrogen) atoms. The van der Waals surface area contributed by atoms with E-state index in [4.69, 9.17) is 16.3 Å². The van der Waals surface area contributed by atoms with Crippen LogP contribution in [0.15, 0.2) is 46.9 Å². The van der Waals surface area contributed by atoms with Crippen LogP contribution in [0, 0.1) is 30.6 Å². The molecule has 3 aliphatic rings. The molecule has 3 fully saturated rings. The number of nitrogens with one attached hydrogen (secondary N) is 1. The second kappa shape index (κ2) is 9.98. The minimum atomic E-state index is -1.12. The van der Waals surface area contributed by atoms with Crippen LogP contribution in [0.4, 0.5) is 5.69 Å². The normalized spacial score (nSPS) is 25.1. The number of halogens is 2. The van der Waals surface area contributed by atoms with Crippen molar-refractivity contribution in [2.45, 2.75) is 38.6 Å². The minimum Gasteiger partial charge on any atom is -0.454 e. The Labute approximate surface area is 222 Å². The summed E-state index contributed by atoms with van der Waals surface area (Å²) in [4.78, 5) is 53.8. The summed E-state index contributed by atoms with van der Waals surface area (Å²) in [6, 6.07) is 11.5. The van der Waals surface area contributed by atoms with Crippen molar-refractivity contribution in [1.82, 2.24) is 4.90 Å². The molecule has 1 aliphatic heterocycles. The van der Waals surface area contributed by atoms with Gasteiger partial charge in [-0.05, 0) is 77.2 Å². The highest BCUT2D eigenvalue weighted by molar-refractivity contribution is 9.10. The van der Waals surface area contributed by atoms with E-state index in [1.807, 2.05) is 30.3 Å². The quantitative estimate of drug-likeness (QED) is 0.388. The van der Waals surface area contributed by atoms with Gasteiger partial charge in [0, 0.05) is 16.6 Å².